The van der Waals surface area contributed by atoms with Crippen LogP contribution in [-0.4, -0.2) is 15.9 Å². The lowest BCUT2D eigenvalue weighted by atomic mass is 10.1. The van der Waals surface area contributed by atoms with Crippen molar-refractivity contribution in [3.05, 3.63) is 127 Å². The van der Waals surface area contributed by atoms with Gasteiger partial charge in [-0.05, 0) is 41.5 Å². The number of aromatic nitrogens is 1. The molecule has 3 nitrogen and oxygen atoms in total. The fraction of sp³-hybridized carbons (Fsp3) is 0. The third kappa shape index (κ3) is 3.84. The molecular formula is C29H22N2O. The lowest BCUT2D eigenvalue weighted by Gasteiger charge is -2.15. The molecule has 1 N–H and O–H groups in total. The second-order valence-corrected chi connectivity index (χ2v) is 7.48. The monoisotopic (exact) mass is 414 g/mol. The second kappa shape index (κ2) is 8.78. The van der Waals surface area contributed by atoms with Gasteiger partial charge >= 0.3 is 0 Å². The largest absolute Gasteiger partial charge is 0.506 e. The van der Waals surface area contributed by atoms with Crippen LogP contribution in [0, 0.1) is 0 Å². The topological polar surface area (TPSA) is 37.5 Å². The maximum absolute atomic E-state index is 10.2. The molecule has 1 aromatic heterocycles. The molecule has 0 spiro atoms. The summed E-state index contributed by atoms with van der Waals surface area (Å²) in [5.41, 5.74) is 6.94. The third-order valence-corrected chi connectivity index (χ3v) is 5.39. The van der Waals surface area contributed by atoms with E-state index in [1.165, 1.54) is 0 Å². The lowest BCUT2D eigenvalue weighted by Crippen LogP contribution is -2.00. The van der Waals surface area contributed by atoms with E-state index in [1.807, 2.05) is 42.6 Å². The Morgan fingerprint density at radius 2 is 1.19 bits per heavy atom. The molecule has 0 aliphatic rings. The second-order valence-electron chi connectivity index (χ2n) is 7.48. The fourth-order valence-electron chi connectivity index (χ4n) is 3.90. The molecule has 5 rings (SSSR count). The van der Waals surface area contributed by atoms with Crippen molar-refractivity contribution >= 4 is 11.9 Å². The van der Waals surface area contributed by atoms with Gasteiger partial charge in [-0.25, -0.2) is 0 Å². The number of hydrogen-bond donors (Lipinski definition) is 1. The average molecular weight is 415 g/mol. The first-order chi connectivity index (χ1) is 15.8. The van der Waals surface area contributed by atoms with E-state index < -0.39 is 0 Å². The summed E-state index contributed by atoms with van der Waals surface area (Å²) in [7, 11) is 0. The number of aromatic hydroxyl groups is 1. The highest BCUT2D eigenvalue weighted by Gasteiger charge is 2.18. The summed E-state index contributed by atoms with van der Waals surface area (Å²) in [5.74, 6) is 0.163. The number of rotatable bonds is 5. The summed E-state index contributed by atoms with van der Waals surface area (Å²) in [5, 5.41) is 10.2. The maximum atomic E-state index is 10.2. The predicted molar refractivity (Wildman–Crippen MR) is 132 cm³/mol. The van der Waals surface area contributed by atoms with E-state index in [1.54, 1.807) is 18.2 Å². The highest BCUT2D eigenvalue weighted by atomic mass is 16.3. The van der Waals surface area contributed by atoms with E-state index in [0.717, 1.165) is 33.8 Å². The Labute approximate surface area is 187 Å². The first-order valence-electron chi connectivity index (χ1n) is 10.6. The Morgan fingerprint density at radius 1 is 0.625 bits per heavy atom. The Bertz CT molecular complexity index is 1350. The van der Waals surface area contributed by atoms with Crippen molar-refractivity contribution in [1.29, 1.82) is 0 Å². The highest BCUT2D eigenvalue weighted by Crippen LogP contribution is 2.36. The molecule has 5 aromatic rings. The van der Waals surface area contributed by atoms with Crippen molar-refractivity contribution in [2.24, 2.45) is 4.99 Å². The van der Waals surface area contributed by atoms with Gasteiger partial charge in [-0.1, -0.05) is 91.0 Å². The Kier molecular flexibility index (Phi) is 5.38. The van der Waals surface area contributed by atoms with Gasteiger partial charge in [0.15, 0.2) is 0 Å². The average Bonchev–Trinajstić information content (AvgIpc) is 3.25. The van der Waals surface area contributed by atoms with Gasteiger partial charge in [0, 0.05) is 17.5 Å². The zero-order valence-corrected chi connectivity index (χ0v) is 17.5. The highest BCUT2D eigenvalue weighted by molar-refractivity contribution is 5.94. The molecule has 0 fully saturated rings. The summed E-state index contributed by atoms with van der Waals surface area (Å²) >= 11 is 0. The van der Waals surface area contributed by atoms with Crippen LogP contribution in [-0.2, 0) is 0 Å². The van der Waals surface area contributed by atoms with Crippen LogP contribution in [0.3, 0.4) is 0 Å². The molecule has 0 aliphatic heterocycles. The van der Waals surface area contributed by atoms with Crippen molar-refractivity contribution < 1.29 is 5.11 Å². The van der Waals surface area contributed by atoms with Crippen LogP contribution in [0.25, 0.3) is 28.2 Å². The van der Waals surface area contributed by atoms with Gasteiger partial charge in [0.2, 0.25) is 0 Å². The van der Waals surface area contributed by atoms with Crippen LogP contribution in [0.4, 0.5) is 5.69 Å². The molecule has 1 heterocycles. The quantitative estimate of drug-likeness (QED) is 0.302. The van der Waals surface area contributed by atoms with Crippen molar-refractivity contribution in [1.82, 2.24) is 4.57 Å². The number of aliphatic imine (C=N–C) groups is 1. The molecule has 0 radical (unpaired) electrons. The Balaban J connectivity index is 1.78. The zero-order chi connectivity index (χ0) is 21.8. The maximum Gasteiger partial charge on any atom is 0.141 e. The molecule has 32 heavy (non-hydrogen) atoms. The van der Waals surface area contributed by atoms with Crippen molar-refractivity contribution in [3.8, 4) is 34.0 Å². The molecule has 0 unspecified atom stereocenters. The number of benzene rings is 4. The van der Waals surface area contributed by atoms with Crippen LogP contribution in [0.5, 0.6) is 5.75 Å². The molecule has 3 heteroatoms. The van der Waals surface area contributed by atoms with E-state index in [0.29, 0.717) is 5.69 Å². The number of phenolic OH excluding ortho intramolecular Hbond substituents is 1. The lowest BCUT2D eigenvalue weighted by molar-refractivity contribution is 0.477. The molecule has 154 valence electrons. The number of para-hydroxylation sites is 3. The molecule has 0 atom stereocenters. The Morgan fingerprint density at radius 3 is 1.84 bits per heavy atom. The summed E-state index contributed by atoms with van der Waals surface area (Å²) in [6.45, 7) is 0. The van der Waals surface area contributed by atoms with E-state index in [2.05, 4.69) is 76.3 Å². The molecule has 0 amide bonds. The van der Waals surface area contributed by atoms with Gasteiger partial charge < -0.3 is 9.67 Å². The molecule has 0 aliphatic carbocycles. The predicted octanol–water partition coefficient (Wildman–Crippen LogP) is 7.27. The number of phenols is 1. The van der Waals surface area contributed by atoms with Crippen LogP contribution in [0.2, 0.25) is 0 Å². The van der Waals surface area contributed by atoms with Gasteiger partial charge in [0.1, 0.15) is 11.4 Å². The van der Waals surface area contributed by atoms with Gasteiger partial charge in [0.25, 0.3) is 0 Å². The number of nitrogens with zero attached hydrogens (tertiary/aromatic N) is 2. The molecule has 4 aromatic carbocycles. The summed E-state index contributed by atoms with van der Waals surface area (Å²) < 4.78 is 2.27. The van der Waals surface area contributed by atoms with Crippen LogP contribution in [0.1, 0.15) is 5.56 Å². The first kappa shape index (κ1) is 19.6. The molecular weight excluding hydrogens is 392 g/mol. The van der Waals surface area contributed by atoms with Gasteiger partial charge in [-0.15, -0.1) is 0 Å². The van der Waals surface area contributed by atoms with Crippen LogP contribution in [0.15, 0.2) is 126 Å². The van der Waals surface area contributed by atoms with Crippen molar-refractivity contribution in [2.75, 3.05) is 0 Å². The zero-order valence-electron chi connectivity index (χ0n) is 17.5. The first-order valence-corrected chi connectivity index (χ1v) is 10.6. The van der Waals surface area contributed by atoms with E-state index in [-0.39, 0.29) is 5.75 Å². The van der Waals surface area contributed by atoms with Gasteiger partial charge in [-0.3, -0.25) is 4.99 Å². The van der Waals surface area contributed by atoms with Crippen molar-refractivity contribution in [2.45, 2.75) is 0 Å². The van der Waals surface area contributed by atoms with Gasteiger partial charge in [0.05, 0.1) is 11.4 Å². The molecule has 0 bridgehead atoms. The molecule has 0 saturated heterocycles. The number of hydrogen-bond acceptors (Lipinski definition) is 2. The van der Waals surface area contributed by atoms with E-state index >= 15 is 0 Å². The summed E-state index contributed by atoms with van der Waals surface area (Å²) in [6.07, 6.45) is 1.84. The summed E-state index contributed by atoms with van der Waals surface area (Å²) in [4.78, 5) is 4.62. The SMILES string of the molecule is Oc1ccccc1N=Cc1cc(-c2ccccc2)n(-c2ccccc2)c1-c1ccccc1. The van der Waals surface area contributed by atoms with E-state index in [4.69, 9.17) is 0 Å². The standard InChI is InChI=1S/C29H22N2O/c32-28-19-11-10-18-26(28)30-21-24-20-27(22-12-4-1-5-13-22)31(25-16-8-3-9-17-25)29(24)23-14-6-2-7-15-23/h1-21,32H. The third-order valence-electron chi connectivity index (χ3n) is 5.39. The minimum atomic E-state index is 0.163. The minimum Gasteiger partial charge on any atom is -0.506 e. The normalized spacial score (nSPS) is 11.1. The van der Waals surface area contributed by atoms with Crippen molar-refractivity contribution in [3.63, 3.8) is 0 Å². The minimum absolute atomic E-state index is 0.163. The Hall–Kier alpha value is -4.37. The van der Waals surface area contributed by atoms with Crippen LogP contribution >= 0.6 is 0 Å². The van der Waals surface area contributed by atoms with Gasteiger partial charge in [-0.2, -0.15) is 0 Å². The van der Waals surface area contributed by atoms with E-state index in [9.17, 15) is 5.11 Å². The van der Waals surface area contributed by atoms with Crippen LogP contribution < -0.4 is 0 Å². The molecule has 0 saturated carbocycles. The smallest absolute Gasteiger partial charge is 0.141 e. The fourth-order valence-corrected chi connectivity index (χ4v) is 3.90. The summed E-state index contributed by atoms with van der Waals surface area (Å²) in [6, 6.07) is 40.3.